The fraction of sp³-hybridized carbons (Fsp3) is 0.176. The van der Waals surface area contributed by atoms with Crippen molar-refractivity contribution in [3.8, 4) is 0 Å². The molecule has 0 unspecified atom stereocenters. The van der Waals surface area contributed by atoms with Crippen LogP contribution in [0.4, 0.5) is 0 Å². The molecule has 3 rings (SSSR count). The molecule has 2 aromatic heterocycles. The van der Waals surface area contributed by atoms with Gasteiger partial charge in [-0.1, -0.05) is 25.1 Å². The molecule has 24 heavy (non-hydrogen) atoms. The molecule has 2 heterocycles. The molecule has 5 nitrogen and oxygen atoms in total. The minimum absolute atomic E-state index is 0.173. The smallest absolute Gasteiger partial charge is 0.284 e. The highest BCUT2D eigenvalue weighted by Gasteiger charge is 2.12. The first kappa shape index (κ1) is 16.7. The van der Waals surface area contributed by atoms with Crippen LogP contribution in [0.3, 0.4) is 0 Å². The van der Waals surface area contributed by atoms with Crippen molar-refractivity contribution in [1.29, 1.82) is 0 Å². The third-order valence-electron chi connectivity index (χ3n) is 3.60. The van der Waals surface area contributed by atoms with Gasteiger partial charge in [-0.2, -0.15) is 8.42 Å². The molecule has 0 aliphatic heterocycles. The minimum Gasteiger partial charge on any atom is -0.285 e. The van der Waals surface area contributed by atoms with E-state index < -0.39 is 10.0 Å². The van der Waals surface area contributed by atoms with Crippen LogP contribution in [0.1, 0.15) is 12.5 Å². The standard InChI is InChI=1S/C17H17N3O2S2/c1-3-13-9-10-20-15(11-13)18-17(23-2)12-16(20)19-24(21,22)14-7-5-4-6-8-14/h4-12H,3H2,1-2H3. The molecule has 1 aromatic carbocycles. The summed E-state index contributed by atoms with van der Waals surface area (Å²) < 4.78 is 30.9. The SMILES string of the molecule is CCc1ccn2c(=NS(=O)(=O)c3ccccc3)cc(SC)nc2c1. The lowest BCUT2D eigenvalue weighted by atomic mass is 10.2. The van der Waals surface area contributed by atoms with Gasteiger partial charge in [-0.25, -0.2) is 4.98 Å². The fourth-order valence-corrected chi connectivity index (χ4v) is 3.70. The van der Waals surface area contributed by atoms with Gasteiger partial charge in [0.25, 0.3) is 10.0 Å². The van der Waals surface area contributed by atoms with E-state index in [1.807, 2.05) is 24.6 Å². The number of aromatic nitrogens is 2. The number of sulfonamides is 1. The van der Waals surface area contributed by atoms with Gasteiger partial charge in [-0.15, -0.1) is 16.2 Å². The molecule has 0 bridgehead atoms. The Kier molecular flexibility index (Phi) is 4.73. The molecule has 0 N–H and O–H groups in total. The van der Waals surface area contributed by atoms with Crippen molar-refractivity contribution < 1.29 is 8.42 Å². The highest BCUT2D eigenvalue weighted by atomic mass is 32.2. The summed E-state index contributed by atoms with van der Waals surface area (Å²) in [4.78, 5) is 4.71. The maximum atomic E-state index is 12.6. The van der Waals surface area contributed by atoms with Gasteiger partial charge in [0, 0.05) is 12.3 Å². The molecular weight excluding hydrogens is 342 g/mol. The van der Waals surface area contributed by atoms with Crippen molar-refractivity contribution in [3.63, 3.8) is 0 Å². The van der Waals surface area contributed by atoms with E-state index in [0.717, 1.165) is 17.0 Å². The number of hydrogen-bond donors (Lipinski definition) is 0. The first-order chi connectivity index (χ1) is 11.5. The molecule has 0 amide bonds. The Balaban J connectivity index is 2.28. The van der Waals surface area contributed by atoms with E-state index in [4.69, 9.17) is 0 Å². The van der Waals surface area contributed by atoms with Gasteiger partial charge < -0.3 is 0 Å². The molecule has 124 valence electrons. The lowest BCUT2D eigenvalue weighted by Crippen LogP contribution is -2.18. The number of rotatable bonds is 4. The van der Waals surface area contributed by atoms with Crippen LogP contribution in [-0.4, -0.2) is 24.1 Å². The molecule has 0 saturated carbocycles. The summed E-state index contributed by atoms with van der Waals surface area (Å²) in [6.07, 6.45) is 4.60. The van der Waals surface area contributed by atoms with Crippen LogP contribution in [0.25, 0.3) is 5.65 Å². The summed E-state index contributed by atoms with van der Waals surface area (Å²) in [5.74, 6) is 0. The third-order valence-corrected chi connectivity index (χ3v) is 5.52. The minimum atomic E-state index is -3.78. The predicted octanol–water partition coefficient (Wildman–Crippen LogP) is 2.91. The van der Waals surface area contributed by atoms with Gasteiger partial charge in [0.1, 0.15) is 10.7 Å². The van der Waals surface area contributed by atoms with Gasteiger partial charge in [0.15, 0.2) is 5.49 Å². The van der Waals surface area contributed by atoms with Crippen LogP contribution in [0.15, 0.2) is 69.0 Å². The second-order valence-electron chi connectivity index (χ2n) is 5.15. The Labute approximate surface area is 145 Å². The van der Waals surface area contributed by atoms with E-state index in [9.17, 15) is 8.42 Å². The van der Waals surface area contributed by atoms with E-state index in [1.165, 1.54) is 23.9 Å². The second kappa shape index (κ2) is 6.78. The van der Waals surface area contributed by atoms with E-state index in [1.54, 1.807) is 28.7 Å². The Morgan fingerprint density at radius 3 is 2.58 bits per heavy atom. The Morgan fingerprint density at radius 2 is 1.92 bits per heavy atom. The van der Waals surface area contributed by atoms with Crippen molar-refractivity contribution in [2.75, 3.05) is 6.26 Å². The van der Waals surface area contributed by atoms with Crippen molar-refractivity contribution >= 4 is 27.4 Å². The van der Waals surface area contributed by atoms with Crippen LogP contribution in [0.5, 0.6) is 0 Å². The first-order valence-corrected chi connectivity index (χ1v) is 10.1. The van der Waals surface area contributed by atoms with Crippen LogP contribution < -0.4 is 5.49 Å². The van der Waals surface area contributed by atoms with Crippen LogP contribution in [-0.2, 0) is 16.4 Å². The van der Waals surface area contributed by atoms with Crippen molar-refractivity contribution in [2.45, 2.75) is 23.3 Å². The first-order valence-electron chi connectivity index (χ1n) is 7.46. The predicted molar refractivity (Wildman–Crippen MR) is 95.5 cm³/mol. The average molecular weight is 359 g/mol. The number of pyridine rings is 1. The summed E-state index contributed by atoms with van der Waals surface area (Å²) in [5.41, 5.74) is 2.16. The highest BCUT2D eigenvalue weighted by Crippen LogP contribution is 2.14. The van der Waals surface area contributed by atoms with Gasteiger partial charge in [-0.05, 0) is 42.5 Å². The molecule has 0 spiro atoms. The summed E-state index contributed by atoms with van der Waals surface area (Å²) in [5, 5.41) is 0.727. The number of fused-ring (bicyclic) bond motifs is 1. The molecule has 0 fully saturated rings. The molecule has 0 aliphatic rings. The number of nitrogens with zero attached hydrogens (tertiary/aromatic N) is 3. The fourth-order valence-electron chi connectivity index (χ4n) is 2.30. The largest absolute Gasteiger partial charge is 0.285 e. The topological polar surface area (TPSA) is 63.8 Å². The van der Waals surface area contributed by atoms with E-state index in [2.05, 4.69) is 16.3 Å². The highest BCUT2D eigenvalue weighted by molar-refractivity contribution is 7.98. The zero-order valence-electron chi connectivity index (χ0n) is 13.4. The van der Waals surface area contributed by atoms with Gasteiger partial charge >= 0.3 is 0 Å². The van der Waals surface area contributed by atoms with Crippen LogP contribution >= 0.6 is 11.8 Å². The maximum absolute atomic E-state index is 12.6. The number of benzene rings is 1. The molecular formula is C17H17N3O2S2. The van der Waals surface area contributed by atoms with Crippen LogP contribution in [0.2, 0.25) is 0 Å². The number of hydrogen-bond acceptors (Lipinski definition) is 4. The van der Waals surface area contributed by atoms with E-state index >= 15 is 0 Å². The summed E-state index contributed by atoms with van der Waals surface area (Å²) >= 11 is 1.45. The quantitative estimate of drug-likeness (QED) is 0.531. The maximum Gasteiger partial charge on any atom is 0.284 e. The van der Waals surface area contributed by atoms with Crippen molar-refractivity contribution in [2.24, 2.45) is 4.40 Å². The number of aryl methyl sites for hydroxylation is 1. The molecule has 3 aromatic rings. The van der Waals surface area contributed by atoms with Crippen molar-refractivity contribution in [3.05, 3.63) is 65.8 Å². The summed E-state index contributed by atoms with van der Waals surface area (Å²) in [6, 6.07) is 13.8. The van der Waals surface area contributed by atoms with Gasteiger partial charge in [0.2, 0.25) is 0 Å². The summed E-state index contributed by atoms with van der Waals surface area (Å²) in [7, 11) is -3.78. The lowest BCUT2D eigenvalue weighted by molar-refractivity contribution is 0.596. The molecule has 0 saturated heterocycles. The van der Waals surface area contributed by atoms with Crippen molar-refractivity contribution in [1.82, 2.24) is 9.38 Å². The third kappa shape index (κ3) is 3.37. The van der Waals surface area contributed by atoms with E-state index in [-0.39, 0.29) is 4.90 Å². The molecule has 7 heteroatoms. The van der Waals surface area contributed by atoms with Gasteiger partial charge in [0.05, 0.1) is 4.90 Å². The lowest BCUT2D eigenvalue weighted by Gasteiger charge is -2.06. The molecule has 0 aliphatic carbocycles. The monoisotopic (exact) mass is 359 g/mol. The zero-order chi connectivity index (χ0) is 17.2. The Bertz CT molecular complexity index is 1040. The molecule has 0 radical (unpaired) electrons. The molecule has 0 atom stereocenters. The van der Waals surface area contributed by atoms with Gasteiger partial charge in [-0.3, -0.25) is 4.40 Å². The normalized spacial score (nSPS) is 12.7. The average Bonchev–Trinajstić information content (AvgIpc) is 2.61. The Hall–Kier alpha value is -2.12. The number of thioether (sulfide) groups is 1. The van der Waals surface area contributed by atoms with E-state index in [0.29, 0.717) is 11.1 Å². The zero-order valence-corrected chi connectivity index (χ0v) is 15.0. The summed E-state index contributed by atoms with van der Waals surface area (Å²) in [6.45, 7) is 2.06. The second-order valence-corrected chi connectivity index (χ2v) is 7.58. The van der Waals surface area contributed by atoms with Crippen LogP contribution in [0, 0.1) is 0 Å². The Morgan fingerprint density at radius 1 is 1.17 bits per heavy atom.